The van der Waals surface area contributed by atoms with Crippen LogP contribution in [0.2, 0.25) is 0 Å². The number of hydrogen-bond acceptors (Lipinski definition) is 4. The molecule has 0 fully saturated rings. The van der Waals surface area contributed by atoms with Crippen molar-refractivity contribution in [1.29, 1.82) is 0 Å². The molecule has 1 aromatic carbocycles. The molecule has 4 heteroatoms. The van der Waals surface area contributed by atoms with Crippen molar-refractivity contribution in [3.63, 3.8) is 0 Å². The topological polar surface area (TPSA) is 38.1 Å². The maximum absolute atomic E-state index is 5.60. The molecule has 0 radical (unpaired) electrons. The standard InChI is InChI=1S/C15H16N2OS/c1-10(2)16-7-11-8-18-15(17-11)13-9-19-14-6-4-3-5-12(13)14/h3-6,8-10,16H,7H2,1-2H3. The van der Waals surface area contributed by atoms with Crippen molar-refractivity contribution in [1.82, 2.24) is 10.3 Å². The summed E-state index contributed by atoms with van der Waals surface area (Å²) in [6.07, 6.45) is 1.73. The maximum Gasteiger partial charge on any atom is 0.227 e. The summed E-state index contributed by atoms with van der Waals surface area (Å²) >= 11 is 1.72. The van der Waals surface area contributed by atoms with E-state index in [9.17, 15) is 0 Å². The van der Waals surface area contributed by atoms with Crippen LogP contribution < -0.4 is 5.32 Å². The third-order valence-electron chi connectivity index (χ3n) is 2.95. The zero-order valence-corrected chi connectivity index (χ0v) is 11.8. The van der Waals surface area contributed by atoms with Gasteiger partial charge in [-0.05, 0) is 6.07 Å². The Balaban J connectivity index is 1.90. The van der Waals surface area contributed by atoms with Gasteiger partial charge in [-0.15, -0.1) is 11.3 Å². The highest BCUT2D eigenvalue weighted by Gasteiger charge is 2.11. The van der Waals surface area contributed by atoms with E-state index in [0.717, 1.165) is 17.8 Å². The van der Waals surface area contributed by atoms with Crippen LogP contribution in [0.3, 0.4) is 0 Å². The second-order valence-corrected chi connectivity index (χ2v) is 5.74. The van der Waals surface area contributed by atoms with E-state index in [1.807, 2.05) is 6.07 Å². The number of rotatable bonds is 4. The van der Waals surface area contributed by atoms with Gasteiger partial charge in [-0.1, -0.05) is 32.0 Å². The number of fused-ring (bicyclic) bond motifs is 1. The van der Waals surface area contributed by atoms with Gasteiger partial charge in [-0.25, -0.2) is 4.98 Å². The number of nitrogens with zero attached hydrogens (tertiary/aromatic N) is 1. The lowest BCUT2D eigenvalue weighted by atomic mass is 10.2. The summed E-state index contributed by atoms with van der Waals surface area (Å²) in [5, 5.41) is 6.65. The quantitative estimate of drug-likeness (QED) is 0.778. The summed E-state index contributed by atoms with van der Waals surface area (Å²) < 4.78 is 6.87. The van der Waals surface area contributed by atoms with E-state index in [-0.39, 0.29) is 0 Å². The van der Waals surface area contributed by atoms with Crippen LogP contribution in [0.15, 0.2) is 40.3 Å². The van der Waals surface area contributed by atoms with E-state index in [1.54, 1.807) is 17.6 Å². The zero-order chi connectivity index (χ0) is 13.2. The molecule has 0 bridgehead atoms. The van der Waals surface area contributed by atoms with E-state index in [1.165, 1.54) is 10.1 Å². The third-order valence-corrected chi connectivity index (χ3v) is 3.92. The Morgan fingerprint density at radius 3 is 3.00 bits per heavy atom. The Morgan fingerprint density at radius 2 is 2.16 bits per heavy atom. The molecule has 98 valence electrons. The highest BCUT2D eigenvalue weighted by atomic mass is 32.1. The SMILES string of the molecule is CC(C)NCc1coc(-c2csc3ccccc23)n1. The molecule has 19 heavy (non-hydrogen) atoms. The van der Waals surface area contributed by atoms with Gasteiger partial charge in [0.25, 0.3) is 0 Å². The smallest absolute Gasteiger partial charge is 0.227 e. The molecule has 0 saturated heterocycles. The van der Waals surface area contributed by atoms with Gasteiger partial charge in [0.15, 0.2) is 0 Å². The van der Waals surface area contributed by atoms with E-state index >= 15 is 0 Å². The molecular formula is C15H16N2OS. The van der Waals surface area contributed by atoms with Gasteiger partial charge < -0.3 is 9.73 Å². The van der Waals surface area contributed by atoms with Crippen LogP contribution in [0.1, 0.15) is 19.5 Å². The molecule has 0 aliphatic carbocycles. The number of oxazole rings is 1. The third kappa shape index (κ3) is 2.55. The Morgan fingerprint density at radius 1 is 1.32 bits per heavy atom. The fourth-order valence-electron chi connectivity index (χ4n) is 1.96. The van der Waals surface area contributed by atoms with E-state index in [2.05, 4.69) is 47.7 Å². The minimum absolute atomic E-state index is 0.446. The van der Waals surface area contributed by atoms with E-state index in [4.69, 9.17) is 4.42 Å². The Hall–Kier alpha value is -1.65. The average molecular weight is 272 g/mol. The largest absolute Gasteiger partial charge is 0.444 e. The number of thiophene rings is 1. The minimum atomic E-state index is 0.446. The highest BCUT2D eigenvalue weighted by Crippen LogP contribution is 2.33. The van der Waals surface area contributed by atoms with Crippen molar-refractivity contribution in [2.75, 3.05) is 0 Å². The number of aromatic nitrogens is 1. The molecule has 0 unspecified atom stereocenters. The molecular weight excluding hydrogens is 256 g/mol. The van der Waals surface area contributed by atoms with Gasteiger partial charge in [0.1, 0.15) is 6.26 Å². The molecule has 2 heterocycles. The first-order valence-corrected chi connectivity index (χ1v) is 7.26. The first-order valence-electron chi connectivity index (χ1n) is 6.38. The molecule has 0 amide bonds. The second-order valence-electron chi connectivity index (χ2n) is 4.83. The van der Waals surface area contributed by atoms with Crippen LogP contribution in [0.25, 0.3) is 21.5 Å². The molecule has 0 atom stereocenters. The van der Waals surface area contributed by atoms with Crippen molar-refractivity contribution in [3.8, 4) is 11.5 Å². The second kappa shape index (κ2) is 5.15. The zero-order valence-electron chi connectivity index (χ0n) is 11.0. The van der Waals surface area contributed by atoms with Gasteiger partial charge in [0.05, 0.1) is 11.3 Å². The Kier molecular flexibility index (Phi) is 3.36. The molecule has 1 N–H and O–H groups in total. The number of hydrogen-bond donors (Lipinski definition) is 1. The number of nitrogens with one attached hydrogen (secondary N) is 1. The highest BCUT2D eigenvalue weighted by molar-refractivity contribution is 7.17. The Bertz CT molecular complexity index is 684. The normalized spacial score (nSPS) is 11.5. The van der Waals surface area contributed by atoms with Crippen LogP contribution in [-0.4, -0.2) is 11.0 Å². The van der Waals surface area contributed by atoms with Crippen molar-refractivity contribution in [2.24, 2.45) is 0 Å². The molecule has 0 aliphatic rings. The summed E-state index contributed by atoms with van der Waals surface area (Å²) in [7, 11) is 0. The monoisotopic (exact) mass is 272 g/mol. The van der Waals surface area contributed by atoms with Crippen molar-refractivity contribution in [3.05, 3.63) is 41.6 Å². The summed E-state index contributed by atoms with van der Waals surface area (Å²) in [6, 6.07) is 8.77. The molecule has 3 rings (SSSR count). The molecule has 3 nitrogen and oxygen atoms in total. The van der Waals surface area contributed by atoms with E-state index in [0.29, 0.717) is 11.9 Å². The molecule has 2 aromatic heterocycles. The van der Waals surface area contributed by atoms with Gasteiger partial charge >= 0.3 is 0 Å². The fraction of sp³-hybridized carbons (Fsp3) is 0.267. The van der Waals surface area contributed by atoms with Gasteiger partial charge in [0.2, 0.25) is 5.89 Å². The molecule has 3 aromatic rings. The van der Waals surface area contributed by atoms with E-state index < -0.39 is 0 Å². The summed E-state index contributed by atoms with van der Waals surface area (Å²) in [6.45, 7) is 4.98. The maximum atomic E-state index is 5.60. The van der Waals surface area contributed by atoms with Crippen LogP contribution in [0.5, 0.6) is 0 Å². The first kappa shape index (κ1) is 12.4. The minimum Gasteiger partial charge on any atom is -0.444 e. The van der Waals surface area contributed by atoms with Crippen molar-refractivity contribution >= 4 is 21.4 Å². The predicted molar refractivity (Wildman–Crippen MR) is 79.3 cm³/mol. The lowest BCUT2D eigenvalue weighted by Crippen LogP contribution is -2.21. The first-order chi connectivity index (χ1) is 9.24. The van der Waals surface area contributed by atoms with Gasteiger partial charge in [0, 0.05) is 28.1 Å². The van der Waals surface area contributed by atoms with Gasteiger partial charge in [-0.2, -0.15) is 0 Å². The summed E-state index contributed by atoms with van der Waals surface area (Å²) in [5.41, 5.74) is 2.02. The lowest BCUT2D eigenvalue weighted by molar-refractivity contribution is 0.560. The molecule has 0 spiro atoms. The summed E-state index contributed by atoms with van der Waals surface area (Å²) in [4.78, 5) is 4.55. The van der Waals surface area contributed by atoms with Crippen LogP contribution in [-0.2, 0) is 6.54 Å². The van der Waals surface area contributed by atoms with Gasteiger partial charge in [-0.3, -0.25) is 0 Å². The average Bonchev–Trinajstić information content (AvgIpc) is 3.02. The van der Waals surface area contributed by atoms with Crippen LogP contribution in [0.4, 0.5) is 0 Å². The summed E-state index contributed by atoms with van der Waals surface area (Å²) in [5.74, 6) is 0.706. The molecule has 0 aliphatic heterocycles. The van der Waals surface area contributed by atoms with Crippen molar-refractivity contribution in [2.45, 2.75) is 26.4 Å². The number of benzene rings is 1. The van der Waals surface area contributed by atoms with Crippen molar-refractivity contribution < 1.29 is 4.42 Å². The molecule has 0 saturated carbocycles. The van der Waals surface area contributed by atoms with Crippen LogP contribution >= 0.6 is 11.3 Å². The fourth-order valence-corrected chi connectivity index (χ4v) is 2.90. The van der Waals surface area contributed by atoms with Crippen LogP contribution in [0, 0.1) is 0 Å². The lowest BCUT2D eigenvalue weighted by Gasteiger charge is -2.03. The predicted octanol–water partition coefficient (Wildman–Crippen LogP) is 4.05. The Labute approximate surface area is 116 Å².